The highest BCUT2D eigenvalue weighted by Crippen LogP contribution is 2.18. The van der Waals surface area contributed by atoms with Gasteiger partial charge in [-0.25, -0.2) is 0 Å². The summed E-state index contributed by atoms with van der Waals surface area (Å²) in [7, 11) is 4.04. The maximum absolute atomic E-state index is 5.79. The SMILES string of the molecule is CN(C)[C@H](CN)c1ccc(Cl)cc1. The minimum atomic E-state index is 0.275. The zero-order chi connectivity index (χ0) is 9.84. The van der Waals surface area contributed by atoms with Crippen molar-refractivity contribution in [3.8, 4) is 0 Å². The second-order valence-corrected chi connectivity index (χ2v) is 3.70. The van der Waals surface area contributed by atoms with Crippen LogP contribution in [-0.4, -0.2) is 25.5 Å². The van der Waals surface area contributed by atoms with Gasteiger partial charge in [0.1, 0.15) is 0 Å². The van der Waals surface area contributed by atoms with Crippen LogP contribution in [0.1, 0.15) is 11.6 Å². The fraction of sp³-hybridized carbons (Fsp3) is 0.400. The summed E-state index contributed by atoms with van der Waals surface area (Å²) in [5.74, 6) is 0. The van der Waals surface area contributed by atoms with Gasteiger partial charge in [-0.2, -0.15) is 0 Å². The van der Waals surface area contributed by atoms with E-state index in [1.807, 2.05) is 38.4 Å². The summed E-state index contributed by atoms with van der Waals surface area (Å²) in [6.07, 6.45) is 0. The summed E-state index contributed by atoms with van der Waals surface area (Å²) < 4.78 is 0. The van der Waals surface area contributed by atoms with Crippen LogP contribution in [0.3, 0.4) is 0 Å². The van der Waals surface area contributed by atoms with Gasteiger partial charge < -0.3 is 10.6 Å². The molecule has 0 fully saturated rings. The van der Waals surface area contributed by atoms with Crippen LogP contribution < -0.4 is 5.73 Å². The molecule has 0 aliphatic heterocycles. The number of benzene rings is 1. The number of rotatable bonds is 3. The maximum atomic E-state index is 5.79. The van der Waals surface area contributed by atoms with Crippen molar-refractivity contribution >= 4 is 11.6 Å². The molecule has 0 heterocycles. The third kappa shape index (κ3) is 2.69. The largest absolute Gasteiger partial charge is 0.329 e. The Morgan fingerprint density at radius 3 is 2.23 bits per heavy atom. The second-order valence-electron chi connectivity index (χ2n) is 3.27. The minimum absolute atomic E-state index is 0.275. The lowest BCUT2D eigenvalue weighted by Gasteiger charge is -2.22. The zero-order valence-electron chi connectivity index (χ0n) is 8.00. The third-order valence-electron chi connectivity index (χ3n) is 2.10. The van der Waals surface area contributed by atoms with Crippen LogP contribution in [0.5, 0.6) is 0 Å². The molecule has 1 aromatic rings. The van der Waals surface area contributed by atoms with Gasteiger partial charge in [0, 0.05) is 17.6 Å². The maximum Gasteiger partial charge on any atom is 0.0464 e. The Labute approximate surface area is 84.3 Å². The highest BCUT2D eigenvalue weighted by Gasteiger charge is 2.10. The van der Waals surface area contributed by atoms with Gasteiger partial charge in [0.25, 0.3) is 0 Å². The van der Waals surface area contributed by atoms with Crippen molar-refractivity contribution in [3.63, 3.8) is 0 Å². The van der Waals surface area contributed by atoms with Gasteiger partial charge in [0.15, 0.2) is 0 Å². The predicted molar refractivity (Wildman–Crippen MR) is 56.9 cm³/mol. The number of halogens is 1. The Bertz CT molecular complexity index is 256. The van der Waals surface area contributed by atoms with Gasteiger partial charge in [-0.1, -0.05) is 23.7 Å². The van der Waals surface area contributed by atoms with E-state index in [1.54, 1.807) is 0 Å². The summed E-state index contributed by atoms with van der Waals surface area (Å²) in [5, 5.41) is 0.762. The standard InChI is InChI=1S/C10H15ClN2/c1-13(2)10(7-12)8-3-5-9(11)6-4-8/h3-6,10H,7,12H2,1-2H3/t10-/m1/s1. The molecule has 0 amide bonds. The molecule has 1 atom stereocenters. The Morgan fingerprint density at radius 1 is 1.31 bits per heavy atom. The van der Waals surface area contributed by atoms with Crippen LogP contribution in [0.15, 0.2) is 24.3 Å². The smallest absolute Gasteiger partial charge is 0.0464 e. The van der Waals surface area contributed by atoms with Crippen LogP contribution >= 0.6 is 11.6 Å². The van der Waals surface area contributed by atoms with Gasteiger partial charge in [-0.3, -0.25) is 0 Å². The summed E-state index contributed by atoms with van der Waals surface area (Å²) in [4.78, 5) is 2.10. The minimum Gasteiger partial charge on any atom is -0.329 e. The molecule has 0 unspecified atom stereocenters. The van der Waals surface area contributed by atoms with E-state index < -0.39 is 0 Å². The number of nitrogens with two attached hydrogens (primary N) is 1. The Hall–Kier alpha value is -0.570. The van der Waals surface area contributed by atoms with Gasteiger partial charge >= 0.3 is 0 Å². The quantitative estimate of drug-likeness (QED) is 0.804. The fourth-order valence-electron chi connectivity index (χ4n) is 1.33. The summed E-state index contributed by atoms with van der Waals surface area (Å²) in [5.41, 5.74) is 6.87. The topological polar surface area (TPSA) is 29.3 Å². The summed E-state index contributed by atoms with van der Waals surface area (Å²) in [6, 6.07) is 8.09. The lowest BCUT2D eigenvalue weighted by molar-refractivity contribution is 0.306. The number of likely N-dealkylation sites (N-methyl/N-ethyl adjacent to an activating group) is 1. The molecular weight excluding hydrogens is 184 g/mol. The van der Waals surface area contributed by atoms with Crippen LogP contribution in [-0.2, 0) is 0 Å². The predicted octanol–water partition coefficient (Wildman–Crippen LogP) is 1.90. The molecule has 0 saturated carbocycles. The van der Waals surface area contributed by atoms with Crippen molar-refractivity contribution in [3.05, 3.63) is 34.9 Å². The van der Waals surface area contributed by atoms with E-state index in [0.717, 1.165) is 5.02 Å². The molecule has 72 valence electrons. The summed E-state index contributed by atoms with van der Waals surface area (Å²) in [6.45, 7) is 0.620. The van der Waals surface area contributed by atoms with Crippen LogP contribution in [0.4, 0.5) is 0 Å². The molecule has 2 nitrogen and oxygen atoms in total. The van der Waals surface area contributed by atoms with Crippen molar-refractivity contribution in [2.24, 2.45) is 5.73 Å². The van der Waals surface area contributed by atoms with E-state index in [1.165, 1.54) is 5.56 Å². The average Bonchev–Trinajstić information content (AvgIpc) is 2.09. The lowest BCUT2D eigenvalue weighted by atomic mass is 10.1. The van der Waals surface area contributed by atoms with Crippen molar-refractivity contribution in [2.45, 2.75) is 6.04 Å². The molecule has 0 aliphatic rings. The van der Waals surface area contributed by atoms with E-state index in [0.29, 0.717) is 6.54 Å². The van der Waals surface area contributed by atoms with E-state index in [-0.39, 0.29) is 6.04 Å². The van der Waals surface area contributed by atoms with E-state index in [4.69, 9.17) is 17.3 Å². The Kier molecular flexibility index (Phi) is 3.72. The van der Waals surface area contributed by atoms with Gasteiger partial charge in [0.2, 0.25) is 0 Å². The monoisotopic (exact) mass is 198 g/mol. The van der Waals surface area contributed by atoms with Gasteiger partial charge in [0.05, 0.1) is 0 Å². The lowest BCUT2D eigenvalue weighted by Crippen LogP contribution is -2.27. The molecule has 0 aromatic heterocycles. The average molecular weight is 199 g/mol. The molecule has 3 heteroatoms. The van der Waals surface area contributed by atoms with Crippen molar-refractivity contribution in [1.82, 2.24) is 4.90 Å². The van der Waals surface area contributed by atoms with Gasteiger partial charge in [-0.15, -0.1) is 0 Å². The van der Waals surface area contributed by atoms with Crippen LogP contribution in [0.2, 0.25) is 5.02 Å². The number of nitrogens with zero attached hydrogens (tertiary/aromatic N) is 1. The first-order chi connectivity index (χ1) is 6.15. The zero-order valence-corrected chi connectivity index (χ0v) is 8.75. The molecule has 13 heavy (non-hydrogen) atoms. The first kappa shape index (κ1) is 10.5. The highest BCUT2D eigenvalue weighted by atomic mass is 35.5. The van der Waals surface area contributed by atoms with Crippen molar-refractivity contribution < 1.29 is 0 Å². The van der Waals surface area contributed by atoms with E-state index in [9.17, 15) is 0 Å². The molecule has 0 aliphatic carbocycles. The van der Waals surface area contributed by atoms with Gasteiger partial charge in [-0.05, 0) is 31.8 Å². The molecule has 1 aromatic carbocycles. The van der Waals surface area contributed by atoms with Crippen LogP contribution in [0, 0.1) is 0 Å². The van der Waals surface area contributed by atoms with E-state index in [2.05, 4.69) is 4.90 Å². The van der Waals surface area contributed by atoms with E-state index >= 15 is 0 Å². The number of hydrogen-bond donors (Lipinski definition) is 1. The number of hydrogen-bond acceptors (Lipinski definition) is 2. The second kappa shape index (κ2) is 4.61. The third-order valence-corrected chi connectivity index (χ3v) is 2.35. The Morgan fingerprint density at radius 2 is 1.85 bits per heavy atom. The fourth-order valence-corrected chi connectivity index (χ4v) is 1.46. The molecule has 0 spiro atoms. The first-order valence-electron chi connectivity index (χ1n) is 4.27. The molecule has 0 saturated heterocycles. The summed E-state index contributed by atoms with van der Waals surface area (Å²) >= 11 is 5.79. The molecule has 0 radical (unpaired) electrons. The molecular formula is C10H15ClN2. The Balaban J connectivity index is 2.86. The van der Waals surface area contributed by atoms with Crippen molar-refractivity contribution in [1.29, 1.82) is 0 Å². The van der Waals surface area contributed by atoms with Crippen LogP contribution in [0.25, 0.3) is 0 Å². The molecule has 0 bridgehead atoms. The first-order valence-corrected chi connectivity index (χ1v) is 4.65. The molecule has 2 N–H and O–H groups in total. The molecule has 1 rings (SSSR count). The highest BCUT2D eigenvalue weighted by molar-refractivity contribution is 6.30. The van der Waals surface area contributed by atoms with Crippen molar-refractivity contribution in [2.75, 3.05) is 20.6 Å². The normalized spacial score (nSPS) is 13.3.